The highest BCUT2D eigenvalue weighted by atomic mass is 32.1. The Bertz CT molecular complexity index is 873. The van der Waals surface area contributed by atoms with Crippen LogP contribution < -0.4 is 4.74 Å². The SMILES string of the molecule is C=CCN(CC(=O)N1CCc2sccc2[C@H]1COc1ccc(F)cc1)C[C@H](O)COCC. The zero-order valence-corrected chi connectivity index (χ0v) is 19.2. The fourth-order valence-corrected chi connectivity index (χ4v) is 4.78. The number of aliphatic hydroxyl groups is 1. The van der Waals surface area contributed by atoms with Crippen molar-refractivity contribution in [2.45, 2.75) is 25.5 Å². The van der Waals surface area contributed by atoms with Crippen molar-refractivity contribution in [3.05, 3.63) is 64.6 Å². The molecule has 1 N–H and O–H groups in total. The van der Waals surface area contributed by atoms with Gasteiger partial charge in [-0.2, -0.15) is 0 Å². The van der Waals surface area contributed by atoms with Gasteiger partial charge in [0.25, 0.3) is 0 Å². The summed E-state index contributed by atoms with van der Waals surface area (Å²) < 4.78 is 24.4. The molecule has 2 atom stereocenters. The number of nitrogens with zero attached hydrogens (tertiary/aromatic N) is 2. The molecule has 1 aliphatic heterocycles. The molecule has 1 amide bonds. The summed E-state index contributed by atoms with van der Waals surface area (Å²) in [5.74, 6) is 0.217. The van der Waals surface area contributed by atoms with Crippen LogP contribution in [0.25, 0.3) is 0 Å². The Hall–Kier alpha value is -2.26. The second-order valence-electron chi connectivity index (χ2n) is 7.71. The lowest BCUT2D eigenvalue weighted by molar-refractivity contribution is -0.136. The second kappa shape index (κ2) is 12.1. The number of halogens is 1. The summed E-state index contributed by atoms with van der Waals surface area (Å²) in [5.41, 5.74) is 1.10. The van der Waals surface area contributed by atoms with E-state index in [2.05, 4.69) is 6.58 Å². The molecule has 0 bridgehead atoms. The summed E-state index contributed by atoms with van der Waals surface area (Å²) >= 11 is 1.69. The fourth-order valence-electron chi connectivity index (χ4n) is 3.85. The molecule has 174 valence electrons. The number of fused-ring (bicyclic) bond motifs is 1. The van der Waals surface area contributed by atoms with E-state index in [0.29, 0.717) is 32.0 Å². The van der Waals surface area contributed by atoms with Crippen LogP contribution in [0.4, 0.5) is 4.39 Å². The van der Waals surface area contributed by atoms with E-state index in [4.69, 9.17) is 9.47 Å². The molecule has 32 heavy (non-hydrogen) atoms. The zero-order chi connectivity index (χ0) is 22.9. The number of carbonyl (C=O) groups excluding carboxylic acids is 1. The molecule has 1 aliphatic rings. The van der Waals surface area contributed by atoms with Gasteiger partial charge < -0.3 is 19.5 Å². The van der Waals surface area contributed by atoms with E-state index in [0.717, 1.165) is 12.0 Å². The van der Waals surface area contributed by atoms with Gasteiger partial charge in [-0.05, 0) is 54.6 Å². The number of hydrogen-bond donors (Lipinski definition) is 1. The molecule has 8 heteroatoms. The highest BCUT2D eigenvalue weighted by molar-refractivity contribution is 7.10. The van der Waals surface area contributed by atoms with Gasteiger partial charge in [0.1, 0.15) is 18.2 Å². The number of hydrogen-bond acceptors (Lipinski definition) is 6. The smallest absolute Gasteiger partial charge is 0.237 e. The van der Waals surface area contributed by atoms with Crippen LogP contribution in [0.5, 0.6) is 5.75 Å². The predicted octanol–water partition coefficient (Wildman–Crippen LogP) is 3.28. The van der Waals surface area contributed by atoms with Crippen molar-refractivity contribution in [2.24, 2.45) is 0 Å². The summed E-state index contributed by atoms with van der Waals surface area (Å²) in [6, 6.07) is 7.72. The Kier molecular flexibility index (Phi) is 9.23. The first-order valence-corrected chi connectivity index (χ1v) is 11.7. The number of aliphatic hydroxyl groups excluding tert-OH is 1. The van der Waals surface area contributed by atoms with Crippen molar-refractivity contribution < 1.29 is 23.8 Å². The third-order valence-electron chi connectivity index (χ3n) is 5.37. The lowest BCUT2D eigenvalue weighted by Crippen LogP contribution is -2.48. The molecule has 2 heterocycles. The Morgan fingerprint density at radius 2 is 2.19 bits per heavy atom. The molecule has 2 aromatic rings. The van der Waals surface area contributed by atoms with Gasteiger partial charge in [0, 0.05) is 31.1 Å². The molecule has 1 aromatic heterocycles. The van der Waals surface area contributed by atoms with Crippen LogP contribution in [-0.4, -0.2) is 72.9 Å². The van der Waals surface area contributed by atoms with Gasteiger partial charge in [-0.15, -0.1) is 17.9 Å². The van der Waals surface area contributed by atoms with Gasteiger partial charge in [-0.3, -0.25) is 9.69 Å². The first-order chi connectivity index (χ1) is 15.5. The maximum absolute atomic E-state index is 13.3. The topological polar surface area (TPSA) is 62.2 Å². The minimum absolute atomic E-state index is 0.0278. The van der Waals surface area contributed by atoms with Gasteiger partial charge in [-0.25, -0.2) is 4.39 Å². The highest BCUT2D eigenvalue weighted by Crippen LogP contribution is 2.34. The maximum Gasteiger partial charge on any atom is 0.237 e. The van der Waals surface area contributed by atoms with Gasteiger partial charge >= 0.3 is 0 Å². The Balaban J connectivity index is 1.69. The van der Waals surface area contributed by atoms with Gasteiger partial charge in [0.05, 0.1) is 25.3 Å². The van der Waals surface area contributed by atoms with Crippen LogP contribution in [0.15, 0.2) is 48.4 Å². The molecule has 0 aliphatic carbocycles. The van der Waals surface area contributed by atoms with Crippen LogP contribution in [0.3, 0.4) is 0 Å². The Labute approximate surface area is 192 Å². The van der Waals surface area contributed by atoms with Crippen molar-refractivity contribution in [1.29, 1.82) is 0 Å². The quantitative estimate of drug-likeness (QED) is 0.491. The van der Waals surface area contributed by atoms with Gasteiger partial charge in [0.2, 0.25) is 5.91 Å². The molecule has 1 aromatic carbocycles. The minimum Gasteiger partial charge on any atom is -0.491 e. The van der Waals surface area contributed by atoms with E-state index in [9.17, 15) is 14.3 Å². The molecule has 0 radical (unpaired) electrons. The Morgan fingerprint density at radius 1 is 1.41 bits per heavy atom. The molecule has 0 saturated heterocycles. The summed E-state index contributed by atoms with van der Waals surface area (Å²) in [6.07, 6.45) is 1.86. The third-order valence-corrected chi connectivity index (χ3v) is 6.36. The normalized spacial score (nSPS) is 16.6. The first kappa shape index (κ1) is 24.4. The van der Waals surface area contributed by atoms with Crippen LogP contribution in [0.2, 0.25) is 0 Å². The van der Waals surface area contributed by atoms with Crippen molar-refractivity contribution in [1.82, 2.24) is 9.80 Å². The first-order valence-electron chi connectivity index (χ1n) is 10.8. The average Bonchev–Trinajstić information content (AvgIpc) is 3.26. The monoisotopic (exact) mass is 462 g/mol. The number of ether oxygens (including phenoxy) is 2. The van der Waals surface area contributed by atoms with E-state index in [1.165, 1.54) is 17.0 Å². The maximum atomic E-state index is 13.3. The lowest BCUT2D eigenvalue weighted by Gasteiger charge is -2.37. The number of amides is 1. The van der Waals surface area contributed by atoms with E-state index in [1.807, 2.05) is 28.2 Å². The van der Waals surface area contributed by atoms with Crippen molar-refractivity contribution in [3.8, 4) is 5.75 Å². The Morgan fingerprint density at radius 3 is 2.91 bits per heavy atom. The number of benzene rings is 1. The standard InChI is InChI=1S/C24H31FN2O4S/c1-3-11-26(14-19(28)16-30-4-2)15-24(29)27-12-9-23-21(10-13-32-23)22(27)17-31-20-7-5-18(25)6-8-20/h3,5-8,10,13,19,22,28H,1,4,9,11-12,14-17H2,2H3/t19-,22+/m0/s1. The van der Waals surface area contributed by atoms with E-state index in [1.54, 1.807) is 29.5 Å². The van der Waals surface area contributed by atoms with Gasteiger partial charge in [0.15, 0.2) is 0 Å². The van der Waals surface area contributed by atoms with Crippen LogP contribution in [-0.2, 0) is 16.0 Å². The van der Waals surface area contributed by atoms with E-state index in [-0.39, 0.29) is 37.5 Å². The van der Waals surface area contributed by atoms with E-state index >= 15 is 0 Å². The lowest BCUT2D eigenvalue weighted by atomic mass is 10.0. The number of rotatable bonds is 12. The van der Waals surface area contributed by atoms with Crippen LogP contribution >= 0.6 is 11.3 Å². The molecule has 3 rings (SSSR count). The third kappa shape index (κ3) is 6.62. The summed E-state index contributed by atoms with van der Waals surface area (Å²) in [7, 11) is 0. The summed E-state index contributed by atoms with van der Waals surface area (Å²) in [5, 5.41) is 12.3. The largest absolute Gasteiger partial charge is 0.491 e. The number of thiophene rings is 1. The molecule has 0 saturated carbocycles. The zero-order valence-electron chi connectivity index (χ0n) is 18.4. The molecule has 0 fully saturated rings. The molecule has 0 unspecified atom stereocenters. The van der Waals surface area contributed by atoms with Crippen LogP contribution in [0.1, 0.15) is 23.4 Å². The number of carbonyl (C=O) groups is 1. The fraction of sp³-hybridized carbons (Fsp3) is 0.458. The summed E-state index contributed by atoms with van der Waals surface area (Å²) in [4.78, 5) is 18.3. The second-order valence-corrected chi connectivity index (χ2v) is 8.71. The molecule has 6 nitrogen and oxygen atoms in total. The van der Waals surface area contributed by atoms with Crippen molar-refractivity contribution in [2.75, 3.05) is 46.0 Å². The average molecular weight is 463 g/mol. The highest BCUT2D eigenvalue weighted by Gasteiger charge is 2.33. The molecular weight excluding hydrogens is 431 g/mol. The van der Waals surface area contributed by atoms with Crippen molar-refractivity contribution in [3.63, 3.8) is 0 Å². The van der Waals surface area contributed by atoms with Crippen LogP contribution in [0, 0.1) is 5.82 Å². The van der Waals surface area contributed by atoms with Crippen molar-refractivity contribution >= 4 is 17.2 Å². The molecular formula is C24H31FN2O4S. The predicted molar refractivity (Wildman–Crippen MR) is 124 cm³/mol. The summed E-state index contributed by atoms with van der Waals surface area (Å²) in [6.45, 7) is 8.28. The molecule has 0 spiro atoms. The van der Waals surface area contributed by atoms with E-state index < -0.39 is 6.10 Å². The minimum atomic E-state index is -0.676. The van der Waals surface area contributed by atoms with Gasteiger partial charge in [-0.1, -0.05) is 6.08 Å².